The van der Waals surface area contributed by atoms with Gasteiger partial charge in [-0.05, 0) is 52.4 Å². The van der Waals surface area contributed by atoms with Gasteiger partial charge in [-0.25, -0.2) is 4.79 Å². The van der Waals surface area contributed by atoms with Crippen molar-refractivity contribution in [3.05, 3.63) is 12.7 Å². The Balaban J connectivity index is 2.36. The van der Waals surface area contributed by atoms with Crippen LogP contribution in [0, 0.1) is 0 Å². The van der Waals surface area contributed by atoms with Crippen molar-refractivity contribution in [1.29, 1.82) is 0 Å². The van der Waals surface area contributed by atoms with Gasteiger partial charge in [-0.1, -0.05) is 6.08 Å². The van der Waals surface area contributed by atoms with Crippen LogP contribution >= 0.6 is 0 Å². The van der Waals surface area contributed by atoms with E-state index in [1.165, 1.54) is 0 Å². The van der Waals surface area contributed by atoms with Crippen LogP contribution < -0.4 is 5.32 Å². The highest BCUT2D eigenvalue weighted by Gasteiger charge is 2.29. The van der Waals surface area contributed by atoms with Crippen LogP contribution in [0.2, 0.25) is 0 Å². The number of aliphatic hydroxyl groups is 1. The molecule has 1 aliphatic heterocycles. The molecule has 1 heterocycles. The number of allylic oxidation sites excluding steroid dienone is 1. The molecule has 1 fully saturated rings. The molecule has 0 radical (unpaired) electrons. The predicted octanol–water partition coefficient (Wildman–Crippen LogP) is 2.68. The molecule has 2 amide bonds. The largest absolute Gasteiger partial charge is 0.393 e. The first kappa shape index (κ1) is 16.0. The second kappa shape index (κ2) is 8.20. The van der Waals surface area contributed by atoms with E-state index >= 15 is 0 Å². The van der Waals surface area contributed by atoms with Crippen LogP contribution in [-0.4, -0.2) is 40.8 Å². The zero-order valence-electron chi connectivity index (χ0n) is 12.3. The fraction of sp³-hybridized carbons (Fsp3) is 0.800. The van der Waals surface area contributed by atoms with Gasteiger partial charge < -0.3 is 15.3 Å². The Morgan fingerprint density at radius 1 is 1.58 bits per heavy atom. The van der Waals surface area contributed by atoms with Gasteiger partial charge in [0.25, 0.3) is 0 Å². The smallest absolute Gasteiger partial charge is 0.317 e. The zero-order valence-corrected chi connectivity index (χ0v) is 12.3. The van der Waals surface area contributed by atoms with E-state index in [1.807, 2.05) is 17.9 Å². The molecule has 110 valence electrons. The molecule has 0 aliphatic carbocycles. The molecular weight excluding hydrogens is 240 g/mol. The molecule has 1 aliphatic rings. The standard InChI is InChI=1S/C15H28N2O2/c1-4-5-6-8-12(2)16-15(19)17-10-7-9-14(17)11-13(3)18/h4,12-14,18H,1,5-11H2,2-3H3,(H,16,19). The van der Waals surface area contributed by atoms with Crippen molar-refractivity contribution in [2.45, 2.75) is 70.6 Å². The van der Waals surface area contributed by atoms with Crippen molar-refractivity contribution in [1.82, 2.24) is 10.2 Å². The molecule has 3 atom stereocenters. The van der Waals surface area contributed by atoms with E-state index in [0.717, 1.165) is 38.6 Å². The number of likely N-dealkylation sites (tertiary alicyclic amines) is 1. The van der Waals surface area contributed by atoms with E-state index in [2.05, 4.69) is 11.9 Å². The first-order chi connectivity index (χ1) is 9.04. The van der Waals surface area contributed by atoms with Crippen molar-refractivity contribution >= 4 is 6.03 Å². The molecule has 3 unspecified atom stereocenters. The lowest BCUT2D eigenvalue weighted by Crippen LogP contribution is -2.46. The SMILES string of the molecule is C=CCCCC(C)NC(=O)N1CCCC1CC(C)O. The molecule has 19 heavy (non-hydrogen) atoms. The van der Waals surface area contributed by atoms with E-state index < -0.39 is 0 Å². The van der Waals surface area contributed by atoms with Gasteiger partial charge in [0.05, 0.1) is 6.10 Å². The van der Waals surface area contributed by atoms with Crippen molar-refractivity contribution in [2.24, 2.45) is 0 Å². The molecule has 0 bridgehead atoms. The molecule has 0 aromatic heterocycles. The quantitative estimate of drug-likeness (QED) is 0.551. The summed E-state index contributed by atoms with van der Waals surface area (Å²) >= 11 is 0. The number of carbonyl (C=O) groups is 1. The van der Waals surface area contributed by atoms with E-state index in [-0.39, 0.29) is 24.2 Å². The number of aliphatic hydroxyl groups excluding tert-OH is 1. The molecule has 0 aromatic rings. The van der Waals surface area contributed by atoms with Gasteiger partial charge in [-0.15, -0.1) is 6.58 Å². The van der Waals surface area contributed by atoms with Gasteiger partial charge in [0.15, 0.2) is 0 Å². The maximum atomic E-state index is 12.2. The number of nitrogens with zero attached hydrogens (tertiary/aromatic N) is 1. The lowest BCUT2D eigenvalue weighted by Gasteiger charge is -2.27. The minimum Gasteiger partial charge on any atom is -0.393 e. The van der Waals surface area contributed by atoms with Crippen LogP contribution in [0.1, 0.15) is 52.4 Å². The van der Waals surface area contributed by atoms with Crippen LogP contribution in [-0.2, 0) is 0 Å². The Labute approximate surface area is 116 Å². The van der Waals surface area contributed by atoms with Crippen LogP contribution in [0.4, 0.5) is 4.79 Å². The van der Waals surface area contributed by atoms with E-state index in [4.69, 9.17) is 0 Å². The summed E-state index contributed by atoms with van der Waals surface area (Å²) in [6, 6.07) is 0.412. The van der Waals surface area contributed by atoms with Crippen LogP contribution in [0.25, 0.3) is 0 Å². The highest BCUT2D eigenvalue weighted by atomic mass is 16.3. The van der Waals surface area contributed by atoms with Crippen molar-refractivity contribution in [3.8, 4) is 0 Å². The molecule has 2 N–H and O–H groups in total. The molecule has 0 aromatic carbocycles. The van der Waals surface area contributed by atoms with E-state index in [1.54, 1.807) is 6.92 Å². The number of urea groups is 1. The number of hydrogen-bond acceptors (Lipinski definition) is 2. The number of rotatable bonds is 7. The first-order valence-corrected chi connectivity index (χ1v) is 7.40. The van der Waals surface area contributed by atoms with Gasteiger partial charge in [0.2, 0.25) is 0 Å². The van der Waals surface area contributed by atoms with Gasteiger partial charge in [-0.3, -0.25) is 0 Å². The lowest BCUT2D eigenvalue weighted by molar-refractivity contribution is 0.137. The molecule has 1 saturated heterocycles. The molecule has 0 spiro atoms. The number of nitrogens with one attached hydrogen (secondary N) is 1. The third-order valence-electron chi connectivity index (χ3n) is 3.67. The normalized spacial score (nSPS) is 22.1. The van der Waals surface area contributed by atoms with Gasteiger partial charge >= 0.3 is 6.03 Å². The first-order valence-electron chi connectivity index (χ1n) is 7.40. The molecule has 4 nitrogen and oxygen atoms in total. The molecular formula is C15H28N2O2. The summed E-state index contributed by atoms with van der Waals surface area (Å²) in [5.74, 6) is 0. The average Bonchev–Trinajstić information content (AvgIpc) is 2.76. The minimum atomic E-state index is -0.344. The maximum absolute atomic E-state index is 12.2. The van der Waals surface area contributed by atoms with E-state index in [9.17, 15) is 9.90 Å². The van der Waals surface area contributed by atoms with Gasteiger partial charge in [0.1, 0.15) is 0 Å². The predicted molar refractivity (Wildman–Crippen MR) is 78.1 cm³/mol. The summed E-state index contributed by atoms with van der Waals surface area (Å²) in [4.78, 5) is 14.1. The summed E-state index contributed by atoms with van der Waals surface area (Å²) in [6.45, 7) is 8.33. The van der Waals surface area contributed by atoms with Gasteiger partial charge in [-0.2, -0.15) is 0 Å². The second-order valence-electron chi connectivity index (χ2n) is 5.64. The summed E-state index contributed by atoms with van der Waals surface area (Å²) in [6.07, 6.45) is 7.32. The third kappa shape index (κ3) is 5.64. The zero-order chi connectivity index (χ0) is 14.3. The van der Waals surface area contributed by atoms with Crippen molar-refractivity contribution < 1.29 is 9.90 Å². The fourth-order valence-electron chi connectivity index (χ4n) is 2.68. The summed E-state index contributed by atoms with van der Waals surface area (Å²) in [5, 5.41) is 12.5. The van der Waals surface area contributed by atoms with Crippen molar-refractivity contribution in [3.63, 3.8) is 0 Å². The topological polar surface area (TPSA) is 52.6 Å². The second-order valence-corrected chi connectivity index (χ2v) is 5.64. The summed E-state index contributed by atoms with van der Waals surface area (Å²) < 4.78 is 0. The highest BCUT2D eigenvalue weighted by Crippen LogP contribution is 2.21. The number of carbonyl (C=O) groups excluding carboxylic acids is 1. The minimum absolute atomic E-state index is 0.0225. The highest BCUT2D eigenvalue weighted by molar-refractivity contribution is 5.75. The number of amides is 2. The molecule has 1 rings (SSSR count). The fourth-order valence-corrected chi connectivity index (χ4v) is 2.68. The maximum Gasteiger partial charge on any atom is 0.317 e. The van der Waals surface area contributed by atoms with Gasteiger partial charge in [0, 0.05) is 18.6 Å². The monoisotopic (exact) mass is 268 g/mol. The third-order valence-corrected chi connectivity index (χ3v) is 3.67. The summed E-state index contributed by atoms with van der Waals surface area (Å²) in [5.41, 5.74) is 0. The Kier molecular flexibility index (Phi) is 6.92. The Hall–Kier alpha value is -1.03. The van der Waals surface area contributed by atoms with E-state index in [0.29, 0.717) is 6.42 Å². The Bertz CT molecular complexity index is 292. The molecule has 0 saturated carbocycles. The number of hydrogen-bond donors (Lipinski definition) is 2. The summed E-state index contributed by atoms with van der Waals surface area (Å²) in [7, 11) is 0. The number of unbranched alkanes of at least 4 members (excludes halogenated alkanes) is 1. The lowest BCUT2D eigenvalue weighted by atomic mass is 10.1. The van der Waals surface area contributed by atoms with Crippen LogP contribution in [0.5, 0.6) is 0 Å². The molecule has 4 heteroatoms. The van der Waals surface area contributed by atoms with Crippen LogP contribution in [0.15, 0.2) is 12.7 Å². The average molecular weight is 268 g/mol. The van der Waals surface area contributed by atoms with Crippen molar-refractivity contribution in [2.75, 3.05) is 6.54 Å². The Morgan fingerprint density at radius 2 is 2.32 bits per heavy atom. The van der Waals surface area contributed by atoms with Crippen LogP contribution in [0.3, 0.4) is 0 Å². The Morgan fingerprint density at radius 3 is 2.95 bits per heavy atom.